The molecule has 0 nitrogen and oxygen atoms in total. The molecule has 0 spiro atoms. The Morgan fingerprint density at radius 2 is 2.09 bits per heavy atom. The summed E-state index contributed by atoms with van der Waals surface area (Å²) in [7, 11) is -1.39. The Bertz CT molecular complexity index is 143. The highest BCUT2D eigenvalue weighted by Gasteiger charge is 2.08. The fourth-order valence-corrected chi connectivity index (χ4v) is 3.42. The Kier molecular flexibility index (Phi) is 4.58. The highest BCUT2D eigenvalue weighted by molar-refractivity contribution is 7.34. The van der Waals surface area contributed by atoms with Gasteiger partial charge in [-0.05, 0) is 31.7 Å². The summed E-state index contributed by atoms with van der Waals surface area (Å²) in [5, 5.41) is 0. The van der Waals surface area contributed by atoms with E-state index in [4.69, 9.17) is 22.2 Å². The maximum absolute atomic E-state index is 5.83. The summed E-state index contributed by atoms with van der Waals surface area (Å²) >= 11 is 11.7. The quantitative estimate of drug-likeness (QED) is 0.370. The minimum Gasteiger partial charge on any atom is -0.150 e. The molecule has 1 aliphatic carbocycles. The van der Waals surface area contributed by atoms with Gasteiger partial charge in [0.2, 0.25) is 7.42 Å². The largest absolute Gasteiger partial charge is 0.240 e. The summed E-state index contributed by atoms with van der Waals surface area (Å²) in [4.78, 5) is 0. The lowest BCUT2D eigenvalue weighted by Crippen LogP contribution is -1.94. The average molecular weight is 209 g/mol. The van der Waals surface area contributed by atoms with Crippen molar-refractivity contribution in [2.45, 2.75) is 38.1 Å². The van der Waals surface area contributed by atoms with Crippen molar-refractivity contribution in [1.29, 1.82) is 0 Å². The molecule has 0 N–H and O–H groups in total. The van der Waals surface area contributed by atoms with Gasteiger partial charge in [0.1, 0.15) is 0 Å². The second-order valence-electron chi connectivity index (χ2n) is 3.06. The standard InChI is InChI=1S/C8H14Cl2Si/c9-11(10)7-8-5-3-1-2-4-6-8/h5,11H,1-4,6-7H2. The lowest BCUT2D eigenvalue weighted by atomic mass is 10.1. The molecule has 1 rings (SSSR count). The van der Waals surface area contributed by atoms with Crippen LogP contribution in [0.5, 0.6) is 0 Å². The second-order valence-corrected chi connectivity index (χ2v) is 8.08. The van der Waals surface area contributed by atoms with Crippen LogP contribution in [0.4, 0.5) is 0 Å². The van der Waals surface area contributed by atoms with Gasteiger partial charge in [-0.15, -0.1) is 22.2 Å². The summed E-state index contributed by atoms with van der Waals surface area (Å²) in [6.07, 6.45) is 8.88. The van der Waals surface area contributed by atoms with Gasteiger partial charge >= 0.3 is 0 Å². The van der Waals surface area contributed by atoms with Crippen LogP contribution in [0.25, 0.3) is 0 Å². The van der Waals surface area contributed by atoms with E-state index in [-0.39, 0.29) is 0 Å². The number of allylic oxidation sites excluding steroid dienone is 2. The van der Waals surface area contributed by atoms with Crippen LogP contribution in [-0.4, -0.2) is 7.42 Å². The predicted molar refractivity (Wildman–Crippen MR) is 54.8 cm³/mol. The SMILES string of the molecule is Cl[SiH](Cl)CC1=CCCCCC1. The lowest BCUT2D eigenvalue weighted by Gasteiger charge is -2.03. The summed E-state index contributed by atoms with van der Waals surface area (Å²) in [6.45, 7) is 0. The topological polar surface area (TPSA) is 0 Å². The van der Waals surface area contributed by atoms with E-state index in [1.165, 1.54) is 37.7 Å². The zero-order chi connectivity index (χ0) is 8.10. The van der Waals surface area contributed by atoms with E-state index in [1.807, 2.05) is 0 Å². The van der Waals surface area contributed by atoms with Gasteiger partial charge in [-0.3, -0.25) is 0 Å². The Morgan fingerprint density at radius 3 is 2.82 bits per heavy atom. The highest BCUT2D eigenvalue weighted by atomic mass is 35.7. The van der Waals surface area contributed by atoms with E-state index in [2.05, 4.69) is 6.08 Å². The van der Waals surface area contributed by atoms with Gasteiger partial charge in [-0.25, -0.2) is 0 Å². The van der Waals surface area contributed by atoms with Crippen LogP contribution in [-0.2, 0) is 0 Å². The molecule has 0 heterocycles. The zero-order valence-electron chi connectivity index (χ0n) is 6.65. The minimum absolute atomic E-state index is 1.00. The molecule has 0 aromatic heterocycles. The molecule has 11 heavy (non-hydrogen) atoms. The third kappa shape index (κ3) is 4.19. The average Bonchev–Trinajstić information content (AvgIpc) is 2.14. The Hall–Kier alpha value is 0.537. The fourth-order valence-electron chi connectivity index (χ4n) is 1.47. The van der Waals surface area contributed by atoms with Crippen LogP contribution in [0.15, 0.2) is 11.6 Å². The van der Waals surface area contributed by atoms with Crippen LogP contribution in [0.2, 0.25) is 6.04 Å². The van der Waals surface area contributed by atoms with E-state index in [0.29, 0.717) is 0 Å². The first-order valence-corrected chi connectivity index (χ1v) is 8.56. The Morgan fingerprint density at radius 1 is 1.27 bits per heavy atom. The minimum atomic E-state index is -1.39. The third-order valence-corrected chi connectivity index (χ3v) is 3.81. The monoisotopic (exact) mass is 208 g/mol. The van der Waals surface area contributed by atoms with Crippen molar-refractivity contribution in [3.05, 3.63) is 11.6 Å². The highest BCUT2D eigenvalue weighted by Crippen LogP contribution is 2.23. The molecule has 0 saturated carbocycles. The molecule has 0 atom stereocenters. The lowest BCUT2D eigenvalue weighted by molar-refractivity contribution is 0.711. The van der Waals surface area contributed by atoms with Crippen molar-refractivity contribution >= 4 is 29.6 Å². The van der Waals surface area contributed by atoms with Crippen LogP contribution < -0.4 is 0 Å². The zero-order valence-corrected chi connectivity index (χ0v) is 9.32. The van der Waals surface area contributed by atoms with Crippen LogP contribution in [0.1, 0.15) is 32.1 Å². The fraction of sp³-hybridized carbons (Fsp3) is 0.750. The summed E-state index contributed by atoms with van der Waals surface area (Å²) in [5.41, 5.74) is 1.52. The van der Waals surface area contributed by atoms with Gasteiger partial charge in [0, 0.05) is 0 Å². The normalized spacial score (nSPS) is 19.7. The molecule has 0 radical (unpaired) electrons. The van der Waals surface area contributed by atoms with Crippen molar-refractivity contribution in [1.82, 2.24) is 0 Å². The third-order valence-electron chi connectivity index (χ3n) is 2.05. The molecular formula is C8H14Cl2Si. The summed E-state index contributed by atoms with van der Waals surface area (Å²) in [6, 6.07) is 1.00. The molecule has 0 bridgehead atoms. The van der Waals surface area contributed by atoms with Gasteiger partial charge < -0.3 is 0 Å². The van der Waals surface area contributed by atoms with Crippen molar-refractivity contribution in [3.8, 4) is 0 Å². The number of hydrogen-bond acceptors (Lipinski definition) is 0. The molecule has 3 heteroatoms. The molecule has 64 valence electrons. The first kappa shape index (κ1) is 9.62. The first-order chi connectivity index (χ1) is 5.29. The van der Waals surface area contributed by atoms with E-state index in [0.717, 1.165) is 6.04 Å². The first-order valence-electron chi connectivity index (χ1n) is 4.25. The molecule has 0 saturated heterocycles. The van der Waals surface area contributed by atoms with E-state index in [9.17, 15) is 0 Å². The molecule has 0 amide bonds. The van der Waals surface area contributed by atoms with Crippen molar-refractivity contribution in [2.24, 2.45) is 0 Å². The molecule has 1 aliphatic rings. The maximum atomic E-state index is 5.83. The summed E-state index contributed by atoms with van der Waals surface area (Å²) < 4.78 is 0. The van der Waals surface area contributed by atoms with Gasteiger partial charge in [-0.1, -0.05) is 18.1 Å². The number of rotatable bonds is 2. The van der Waals surface area contributed by atoms with Crippen molar-refractivity contribution < 1.29 is 0 Å². The van der Waals surface area contributed by atoms with Gasteiger partial charge in [0.05, 0.1) is 0 Å². The van der Waals surface area contributed by atoms with Crippen molar-refractivity contribution in [2.75, 3.05) is 0 Å². The number of halogens is 2. The van der Waals surface area contributed by atoms with Crippen LogP contribution >= 0.6 is 22.2 Å². The second kappa shape index (κ2) is 5.23. The van der Waals surface area contributed by atoms with Crippen LogP contribution in [0.3, 0.4) is 0 Å². The molecule has 0 unspecified atom stereocenters. The van der Waals surface area contributed by atoms with Crippen molar-refractivity contribution in [3.63, 3.8) is 0 Å². The number of hydrogen-bond donors (Lipinski definition) is 0. The summed E-state index contributed by atoms with van der Waals surface area (Å²) in [5.74, 6) is 0. The van der Waals surface area contributed by atoms with Gasteiger partial charge in [-0.2, -0.15) is 0 Å². The predicted octanol–water partition coefficient (Wildman–Crippen LogP) is 3.58. The van der Waals surface area contributed by atoms with Gasteiger partial charge in [0.25, 0.3) is 0 Å². The molecular weight excluding hydrogens is 195 g/mol. The Labute approximate surface area is 79.6 Å². The van der Waals surface area contributed by atoms with E-state index < -0.39 is 7.42 Å². The molecule has 0 aromatic rings. The smallest absolute Gasteiger partial charge is 0.150 e. The van der Waals surface area contributed by atoms with Crippen LogP contribution in [0, 0.1) is 0 Å². The molecule has 0 aromatic carbocycles. The van der Waals surface area contributed by atoms with Gasteiger partial charge in [0.15, 0.2) is 0 Å². The molecule has 0 fully saturated rings. The maximum Gasteiger partial charge on any atom is 0.240 e. The van der Waals surface area contributed by atoms with E-state index in [1.54, 1.807) is 0 Å². The molecule has 0 aliphatic heterocycles. The van der Waals surface area contributed by atoms with E-state index >= 15 is 0 Å². The Balaban J connectivity index is 2.34.